The standard InChI is InChI=1S/C13H18ClN3O2/c1-8(10-6-4-5-7-11(10)14)16-9(2)12(18)17-13(19)15-3/h4-9,16H,1-3H3,(H2,15,17,18,19)/t8-,9-/m1/s1. The average Bonchev–Trinajstić information content (AvgIpc) is 2.38. The second-order valence-corrected chi connectivity index (χ2v) is 4.61. The Morgan fingerprint density at radius 1 is 1.21 bits per heavy atom. The Hall–Kier alpha value is -1.59. The number of benzene rings is 1. The summed E-state index contributed by atoms with van der Waals surface area (Å²) < 4.78 is 0. The van der Waals surface area contributed by atoms with Crippen molar-refractivity contribution in [1.29, 1.82) is 0 Å². The van der Waals surface area contributed by atoms with Gasteiger partial charge in [0, 0.05) is 18.1 Å². The highest BCUT2D eigenvalue weighted by molar-refractivity contribution is 6.31. The Bertz CT molecular complexity index is 465. The van der Waals surface area contributed by atoms with Gasteiger partial charge >= 0.3 is 6.03 Å². The van der Waals surface area contributed by atoms with Crippen LogP contribution in [-0.4, -0.2) is 25.0 Å². The molecule has 0 aliphatic heterocycles. The molecule has 0 aromatic heterocycles. The minimum absolute atomic E-state index is 0.0980. The fraction of sp³-hybridized carbons (Fsp3) is 0.385. The van der Waals surface area contributed by atoms with Gasteiger partial charge in [-0.15, -0.1) is 0 Å². The molecular weight excluding hydrogens is 266 g/mol. The lowest BCUT2D eigenvalue weighted by Crippen LogP contribution is -2.47. The Balaban J connectivity index is 2.62. The fourth-order valence-corrected chi connectivity index (χ4v) is 1.95. The number of rotatable bonds is 4. The van der Waals surface area contributed by atoms with Crippen molar-refractivity contribution in [2.45, 2.75) is 25.9 Å². The maximum atomic E-state index is 11.7. The lowest BCUT2D eigenvalue weighted by molar-refractivity contribution is -0.121. The Labute approximate surface area is 117 Å². The van der Waals surface area contributed by atoms with Crippen molar-refractivity contribution in [2.24, 2.45) is 0 Å². The van der Waals surface area contributed by atoms with Gasteiger partial charge in [0.25, 0.3) is 0 Å². The van der Waals surface area contributed by atoms with Crippen molar-refractivity contribution in [3.8, 4) is 0 Å². The van der Waals surface area contributed by atoms with Crippen molar-refractivity contribution in [3.05, 3.63) is 34.9 Å². The molecule has 6 heteroatoms. The van der Waals surface area contributed by atoms with Crippen molar-refractivity contribution in [2.75, 3.05) is 7.05 Å². The van der Waals surface area contributed by atoms with Gasteiger partial charge in [-0.2, -0.15) is 0 Å². The molecule has 1 aromatic rings. The van der Waals surface area contributed by atoms with Gasteiger partial charge in [0.2, 0.25) is 5.91 Å². The Morgan fingerprint density at radius 2 is 1.84 bits per heavy atom. The van der Waals surface area contributed by atoms with Gasteiger partial charge in [-0.1, -0.05) is 29.8 Å². The van der Waals surface area contributed by atoms with Crippen LogP contribution >= 0.6 is 11.6 Å². The largest absolute Gasteiger partial charge is 0.341 e. The summed E-state index contributed by atoms with van der Waals surface area (Å²) in [6.07, 6.45) is 0. The number of hydrogen-bond acceptors (Lipinski definition) is 3. The third-order valence-electron chi connectivity index (χ3n) is 2.73. The number of amides is 3. The van der Waals surface area contributed by atoms with E-state index in [1.165, 1.54) is 7.05 Å². The predicted octanol–water partition coefficient (Wildman–Crippen LogP) is 1.83. The molecule has 0 bridgehead atoms. The SMILES string of the molecule is CNC(=O)NC(=O)[C@@H](C)N[C@H](C)c1ccccc1Cl. The lowest BCUT2D eigenvalue weighted by atomic mass is 10.1. The molecule has 104 valence electrons. The van der Waals surface area contributed by atoms with E-state index in [-0.39, 0.29) is 6.04 Å². The van der Waals surface area contributed by atoms with E-state index in [0.717, 1.165) is 5.56 Å². The molecule has 1 aromatic carbocycles. The first-order chi connectivity index (χ1) is 8.95. The first-order valence-electron chi connectivity index (χ1n) is 5.98. The van der Waals surface area contributed by atoms with Gasteiger partial charge in [0.15, 0.2) is 0 Å². The minimum Gasteiger partial charge on any atom is -0.341 e. The van der Waals surface area contributed by atoms with Crippen LogP contribution in [0.1, 0.15) is 25.5 Å². The third kappa shape index (κ3) is 4.54. The maximum absolute atomic E-state index is 11.7. The second kappa shape index (κ2) is 7.11. The maximum Gasteiger partial charge on any atom is 0.321 e. The number of nitrogens with one attached hydrogen (secondary N) is 3. The third-order valence-corrected chi connectivity index (χ3v) is 3.07. The zero-order valence-corrected chi connectivity index (χ0v) is 11.9. The van der Waals surface area contributed by atoms with E-state index in [4.69, 9.17) is 11.6 Å². The van der Waals surface area contributed by atoms with E-state index in [1.54, 1.807) is 13.0 Å². The van der Waals surface area contributed by atoms with Crippen LogP contribution < -0.4 is 16.0 Å². The summed E-state index contributed by atoms with van der Waals surface area (Å²) in [6.45, 7) is 3.59. The molecule has 5 nitrogen and oxygen atoms in total. The summed E-state index contributed by atoms with van der Waals surface area (Å²) in [5.41, 5.74) is 0.906. The zero-order valence-electron chi connectivity index (χ0n) is 11.2. The van der Waals surface area contributed by atoms with Gasteiger partial charge in [-0.3, -0.25) is 15.4 Å². The van der Waals surface area contributed by atoms with Crippen LogP contribution in [0.5, 0.6) is 0 Å². The summed E-state index contributed by atoms with van der Waals surface area (Å²) in [7, 11) is 1.45. The van der Waals surface area contributed by atoms with Gasteiger partial charge < -0.3 is 5.32 Å². The molecule has 1 rings (SSSR count). The van der Waals surface area contributed by atoms with Crippen LogP contribution in [0.15, 0.2) is 24.3 Å². The number of halogens is 1. The van der Waals surface area contributed by atoms with Crippen molar-refractivity contribution in [1.82, 2.24) is 16.0 Å². The molecule has 0 radical (unpaired) electrons. The summed E-state index contributed by atoms with van der Waals surface area (Å²) in [5.74, 6) is -0.391. The molecule has 0 aliphatic rings. The highest BCUT2D eigenvalue weighted by Crippen LogP contribution is 2.22. The fourth-order valence-electron chi connectivity index (χ4n) is 1.65. The van der Waals surface area contributed by atoms with Crippen LogP contribution in [-0.2, 0) is 4.79 Å². The first kappa shape index (κ1) is 15.5. The molecule has 0 spiro atoms. The number of hydrogen-bond donors (Lipinski definition) is 3. The lowest BCUT2D eigenvalue weighted by Gasteiger charge is -2.20. The van der Waals surface area contributed by atoms with Gasteiger partial charge in [0.05, 0.1) is 6.04 Å². The predicted molar refractivity (Wildman–Crippen MR) is 75.1 cm³/mol. The molecule has 19 heavy (non-hydrogen) atoms. The smallest absolute Gasteiger partial charge is 0.321 e. The van der Waals surface area contributed by atoms with E-state index in [1.807, 2.05) is 25.1 Å². The van der Waals surface area contributed by atoms with Crippen molar-refractivity contribution < 1.29 is 9.59 Å². The normalized spacial score (nSPS) is 13.5. The second-order valence-electron chi connectivity index (χ2n) is 4.20. The van der Waals surface area contributed by atoms with Crippen LogP contribution in [0.3, 0.4) is 0 Å². The van der Waals surface area contributed by atoms with E-state index in [9.17, 15) is 9.59 Å². The topological polar surface area (TPSA) is 70.2 Å². The quantitative estimate of drug-likeness (QED) is 0.790. The van der Waals surface area contributed by atoms with Crippen LogP contribution in [0.2, 0.25) is 5.02 Å². The van der Waals surface area contributed by atoms with Crippen molar-refractivity contribution >= 4 is 23.5 Å². The van der Waals surface area contributed by atoms with E-state index in [2.05, 4.69) is 16.0 Å². The van der Waals surface area contributed by atoms with Crippen LogP contribution in [0.4, 0.5) is 4.79 Å². The molecule has 2 atom stereocenters. The molecule has 0 heterocycles. The number of carbonyl (C=O) groups is 2. The molecule has 0 aliphatic carbocycles. The number of urea groups is 1. The molecule has 0 fully saturated rings. The molecule has 0 unspecified atom stereocenters. The summed E-state index contributed by atoms with van der Waals surface area (Å²) in [6, 6.07) is 6.29. The number of carbonyl (C=O) groups excluding carboxylic acids is 2. The Kier molecular flexibility index (Phi) is 5.79. The monoisotopic (exact) mass is 283 g/mol. The molecule has 0 saturated heterocycles. The highest BCUT2D eigenvalue weighted by atomic mass is 35.5. The Morgan fingerprint density at radius 3 is 2.42 bits per heavy atom. The average molecular weight is 284 g/mol. The first-order valence-corrected chi connectivity index (χ1v) is 6.36. The van der Waals surface area contributed by atoms with Gasteiger partial charge in [-0.05, 0) is 25.5 Å². The van der Waals surface area contributed by atoms with Crippen LogP contribution in [0, 0.1) is 0 Å². The van der Waals surface area contributed by atoms with E-state index in [0.29, 0.717) is 5.02 Å². The summed E-state index contributed by atoms with van der Waals surface area (Å²) >= 11 is 6.08. The van der Waals surface area contributed by atoms with E-state index >= 15 is 0 Å². The summed E-state index contributed by atoms with van der Waals surface area (Å²) in [4.78, 5) is 22.7. The van der Waals surface area contributed by atoms with Gasteiger partial charge in [-0.25, -0.2) is 4.79 Å². The molecule has 0 saturated carbocycles. The minimum atomic E-state index is -0.524. The van der Waals surface area contributed by atoms with Gasteiger partial charge in [0.1, 0.15) is 0 Å². The van der Waals surface area contributed by atoms with Crippen molar-refractivity contribution in [3.63, 3.8) is 0 Å². The molecule has 3 amide bonds. The molecule has 3 N–H and O–H groups in total. The van der Waals surface area contributed by atoms with E-state index < -0.39 is 18.0 Å². The summed E-state index contributed by atoms with van der Waals surface area (Å²) in [5, 5.41) is 8.27. The molecular formula is C13H18ClN3O2. The van der Waals surface area contributed by atoms with Crippen LogP contribution in [0.25, 0.3) is 0 Å². The highest BCUT2D eigenvalue weighted by Gasteiger charge is 2.18. The number of imide groups is 1. The zero-order chi connectivity index (χ0) is 14.4.